The zero-order chi connectivity index (χ0) is 16.7. The highest BCUT2D eigenvalue weighted by Crippen LogP contribution is 2.16. The van der Waals surface area contributed by atoms with Crippen LogP contribution in [0.25, 0.3) is 0 Å². The van der Waals surface area contributed by atoms with Crippen molar-refractivity contribution in [1.82, 2.24) is 5.32 Å². The fourth-order valence-corrected chi connectivity index (χ4v) is 2.12. The maximum atomic E-state index is 11.9. The van der Waals surface area contributed by atoms with E-state index in [4.69, 9.17) is 9.47 Å². The molecule has 2 aromatic carbocycles. The summed E-state index contributed by atoms with van der Waals surface area (Å²) in [5.74, 6) is 1.37. The van der Waals surface area contributed by atoms with Crippen LogP contribution in [0.1, 0.15) is 23.6 Å². The van der Waals surface area contributed by atoms with Crippen LogP contribution in [0.4, 0.5) is 0 Å². The third kappa shape index (κ3) is 5.33. The summed E-state index contributed by atoms with van der Waals surface area (Å²) in [7, 11) is 0. The van der Waals surface area contributed by atoms with Crippen LogP contribution in [0, 0.1) is 13.8 Å². The zero-order valence-corrected chi connectivity index (χ0v) is 13.9. The van der Waals surface area contributed by atoms with Gasteiger partial charge in [-0.1, -0.05) is 18.2 Å². The molecule has 0 aliphatic carbocycles. The van der Waals surface area contributed by atoms with E-state index in [1.807, 2.05) is 63.2 Å². The van der Waals surface area contributed by atoms with Gasteiger partial charge in [0.15, 0.2) is 6.61 Å². The molecule has 4 nitrogen and oxygen atoms in total. The second kappa shape index (κ2) is 8.22. The SMILES string of the molecule is CCOc1cccc(CNC(=O)COc2ccc(C)c(C)c2)c1. The van der Waals surface area contributed by atoms with Gasteiger partial charge in [0, 0.05) is 6.54 Å². The summed E-state index contributed by atoms with van der Waals surface area (Å²) < 4.78 is 11.0. The second-order valence-electron chi connectivity index (χ2n) is 5.39. The second-order valence-corrected chi connectivity index (χ2v) is 5.39. The minimum Gasteiger partial charge on any atom is -0.494 e. The smallest absolute Gasteiger partial charge is 0.258 e. The fourth-order valence-electron chi connectivity index (χ4n) is 2.12. The molecule has 0 heterocycles. The predicted molar refractivity (Wildman–Crippen MR) is 90.9 cm³/mol. The number of aryl methyl sites for hydroxylation is 2. The topological polar surface area (TPSA) is 47.6 Å². The van der Waals surface area contributed by atoms with Crippen LogP contribution in [-0.2, 0) is 11.3 Å². The van der Waals surface area contributed by atoms with Gasteiger partial charge in [-0.05, 0) is 61.7 Å². The maximum Gasteiger partial charge on any atom is 0.258 e. The Kier molecular flexibility index (Phi) is 6.03. The molecule has 0 atom stereocenters. The molecular weight excluding hydrogens is 290 g/mol. The van der Waals surface area contributed by atoms with Crippen molar-refractivity contribution in [3.8, 4) is 11.5 Å². The van der Waals surface area contributed by atoms with Crippen molar-refractivity contribution >= 4 is 5.91 Å². The molecule has 0 radical (unpaired) electrons. The quantitative estimate of drug-likeness (QED) is 0.852. The Bertz CT molecular complexity index is 667. The Balaban J connectivity index is 1.80. The number of carbonyl (C=O) groups excluding carboxylic acids is 1. The van der Waals surface area contributed by atoms with E-state index in [2.05, 4.69) is 5.32 Å². The number of benzene rings is 2. The molecule has 4 heteroatoms. The summed E-state index contributed by atoms with van der Waals surface area (Å²) in [6, 6.07) is 13.5. The molecule has 0 fully saturated rings. The lowest BCUT2D eigenvalue weighted by Crippen LogP contribution is -2.28. The van der Waals surface area contributed by atoms with E-state index in [0.717, 1.165) is 16.9 Å². The Morgan fingerprint density at radius 2 is 1.78 bits per heavy atom. The van der Waals surface area contributed by atoms with Crippen molar-refractivity contribution in [2.75, 3.05) is 13.2 Å². The highest BCUT2D eigenvalue weighted by atomic mass is 16.5. The number of nitrogens with one attached hydrogen (secondary N) is 1. The van der Waals surface area contributed by atoms with E-state index < -0.39 is 0 Å². The maximum absolute atomic E-state index is 11.9. The molecule has 0 aromatic heterocycles. The van der Waals surface area contributed by atoms with Crippen LogP contribution in [0.3, 0.4) is 0 Å². The fraction of sp³-hybridized carbons (Fsp3) is 0.316. The number of carbonyl (C=O) groups is 1. The standard InChI is InChI=1S/C19H23NO3/c1-4-22-17-7-5-6-16(11-17)12-20-19(21)13-23-18-9-8-14(2)15(3)10-18/h5-11H,4,12-13H2,1-3H3,(H,20,21). The number of hydrogen-bond donors (Lipinski definition) is 1. The number of hydrogen-bond acceptors (Lipinski definition) is 3. The first-order valence-corrected chi connectivity index (χ1v) is 7.77. The summed E-state index contributed by atoms with van der Waals surface area (Å²) >= 11 is 0. The van der Waals surface area contributed by atoms with Gasteiger partial charge in [-0.3, -0.25) is 4.79 Å². The molecule has 0 saturated carbocycles. The minimum atomic E-state index is -0.148. The average molecular weight is 313 g/mol. The van der Waals surface area contributed by atoms with Crippen LogP contribution in [0.2, 0.25) is 0 Å². The molecule has 2 aromatic rings. The van der Waals surface area contributed by atoms with Crippen molar-refractivity contribution in [2.45, 2.75) is 27.3 Å². The third-order valence-corrected chi connectivity index (χ3v) is 3.55. The molecular formula is C19H23NO3. The van der Waals surface area contributed by atoms with Gasteiger partial charge in [-0.2, -0.15) is 0 Å². The van der Waals surface area contributed by atoms with Crippen molar-refractivity contribution < 1.29 is 14.3 Å². The van der Waals surface area contributed by atoms with Gasteiger partial charge < -0.3 is 14.8 Å². The molecule has 0 unspecified atom stereocenters. The molecule has 0 aliphatic rings. The van der Waals surface area contributed by atoms with E-state index in [9.17, 15) is 4.79 Å². The normalized spacial score (nSPS) is 10.2. The molecule has 1 amide bonds. The van der Waals surface area contributed by atoms with E-state index in [0.29, 0.717) is 18.9 Å². The monoisotopic (exact) mass is 313 g/mol. The van der Waals surface area contributed by atoms with E-state index in [-0.39, 0.29) is 12.5 Å². The zero-order valence-electron chi connectivity index (χ0n) is 13.9. The van der Waals surface area contributed by atoms with Crippen molar-refractivity contribution in [3.05, 3.63) is 59.2 Å². The number of amides is 1. The lowest BCUT2D eigenvalue weighted by Gasteiger charge is -2.10. The Morgan fingerprint density at radius 1 is 1.00 bits per heavy atom. The summed E-state index contributed by atoms with van der Waals surface area (Å²) in [4.78, 5) is 11.9. The third-order valence-electron chi connectivity index (χ3n) is 3.55. The van der Waals surface area contributed by atoms with E-state index in [1.54, 1.807) is 0 Å². The first kappa shape index (κ1) is 16.9. The summed E-state index contributed by atoms with van der Waals surface area (Å²) in [6.45, 7) is 7.09. The number of rotatable bonds is 7. The molecule has 0 saturated heterocycles. The van der Waals surface area contributed by atoms with Crippen LogP contribution in [-0.4, -0.2) is 19.1 Å². The summed E-state index contributed by atoms with van der Waals surface area (Å²) in [5, 5.41) is 2.85. The van der Waals surface area contributed by atoms with Gasteiger partial charge in [0.25, 0.3) is 5.91 Å². The largest absolute Gasteiger partial charge is 0.494 e. The highest BCUT2D eigenvalue weighted by Gasteiger charge is 2.04. The Hall–Kier alpha value is -2.49. The molecule has 122 valence electrons. The predicted octanol–water partition coefficient (Wildman–Crippen LogP) is 3.40. The lowest BCUT2D eigenvalue weighted by atomic mass is 10.1. The lowest BCUT2D eigenvalue weighted by molar-refractivity contribution is -0.123. The van der Waals surface area contributed by atoms with Gasteiger partial charge in [0.1, 0.15) is 11.5 Å². The van der Waals surface area contributed by atoms with Gasteiger partial charge in [-0.15, -0.1) is 0 Å². The van der Waals surface area contributed by atoms with Gasteiger partial charge in [-0.25, -0.2) is 0 Å². The highest BCUT2D eigenvalue weighted by molar-refractivity contribution is 5.77. The van der Waals surface area contributed by atoms with Crippen LogP contribution < -0.4 is 14.8 Å². The Labute approximate surface area is 137 Å². The molecule has 0 spiro atoms. The molecule has 0 bridgehead atoms. The first-order chi connectivity index (χ1) is 11.1. The molecule has 0 aliphatic heterocycles. The van der Waals surface area contributed by atoms with Crippen molar-refractivity contribution in [2.24, 2.45) is 0 Å². The van der Waals surface area contributed by atoms with E-state index in [1.165, 1.54) is 5.56 Å². The van der Waals surface area contributed by atoms with E-state index >= 15 is 0 Å². The van der Waals surface area contributed by atoms with Crippen molar-refractivity contribution in [1.29, 1.82) is 0 Å². The van der Waals surface area contributed by atoms with Crippen molar-refractivity contribution in [3.63, 3.8) is 0 Å². The van der Waals surface area contributed by atoms with Crippen LogP contribution >= 0.6 is 0 Å². The van der Waals surface area contributed by atoms with Gasteiger partial charge in [0.05, 0.1) is 6.61 Å². The molecule has 1 N–H and O–H groups in total. The first-order valence-electron chi connectivity index (χ1n) is 7.77. The minimum absolute atomic E-state index is 0.00759. The average Bonchev–Trinajstić information content (AvgIpc) is 2.55. The van der Waals surface area contributed by atoms with Gasteiger partial charge in [0.2, 0.25) is 0 Å². The summed E-state index contributed by atoms with van der Waals surface area (Å²) in [5.41, 5.74) is 3.35. The van der Waals surface area contributed by atoms with Crippen LogP contribution in [0.5, 0.6) is 11.5 Å². The molecule has 23 heavy (non-hydrogen) atoms. The summed E-state index contributed by atoms with van der Waals surface area (Å²) in [6.07, 6.45) is 0. The van der Waals surface area contributed by atoms with Gasteiger partial charge >= 0.3 is 0 Å². The Morgan fingerprint density at radius 3 is 2.52 bits per heavy atom. The molecule has 2 rings (SSSR count). The number of ether oxygens (including phenoxy) is 2. The van der Waals surface area contributed by atoms with Crippen LogP contribution in [0.15, 0.2) is 42.5 Å².